The zero-order valence-electron chi connectivity index (χ0n) is 11.0. The third-order valence-corrected chi connectivity index (χ3v) is 3.06. The van der Waals surface area contributed by atoms with E-state index in [-0.39, 0.29) is 12.8 Å². The fourth-order valence-electron chi connectivity index (χ4n) is 2.00. The van der Waals surface area contributed by atoms with Crippen LogP contribution in [0.3, 0.4) is 0 Å². The van der Waals surface area contributed by atoms with Crippen molar-refractivity contribution in [2.24, 2.45) is 0 Å². The number of carboxylic acids is 2. The number of aliphatic carboxylic acids is 2. The van der Waals surface area contributed by atoms with Gasteiger partial charge in [-0.25, -0.2) is 9.59 Å². The van der Waals surface area contributed by atoms with Crippen LogP contribution in [0.1, 0.15) is 12.8 Å². The zero-order valence-corrected chi connectivity index (χ0v) is 11.0. The smallest absolute Gasteiger partial charge is 0.326 e. The Hall–Kier alpha value is -2.83. The summed E-state index contributed by atoms with van der Waals surface area (Å²) in [6.07, 6.45) is 1.04. The molecule has 7 heteroatoms. The molecule has 3 N–H and O–H groups in total. The Labute approximate surface area is 119 Å². The molecule has 1 unspecified atom stereocenters. The second kappa shape index (κ2) is 6.08. The first-order valence-electron chi connectivity index (χ1n) is 6.30. The standard InChI is InChI=1S/C14H14N2O5/c17-12(18)6-5-10(13(19)20)15-14(21)16-8-7-9-3-1-2-4-11(9)16/h1-4,7-8,10H,5-6H2,(H,15,21)(H,17,18)(H,19,20). The molecule has 0 bridgehead atoms. The number of carbonyl (C=O) groups excluding carboxylic acids is 1. The first-order chi connectivity index (χ1) is 9.99. The second-order valence-electron chi connectivity index (χ2n) is 4.52. The van der Waals surface area contributed by atoms with E-state index < -0.39 is 24.0 Å². The molecule has 0 aliphatic rings. The number of carbonyl (C=O) groups is 3. The van der Waals surface area contributed by atoms with Gasteiger partial charge in [-0.15, -0.1) is 0 Å². The molecule has 2 aromatic rings. The second-order valence-corrected chi connectivity index (χ2v) is 4.52. The highest BCUT2D eigenvalue weighted by atomic mass is 16.4. The van der Waals surface area contributed by atoms with Crippen LogP contribution in [0.2, 0.25) is 0 Å². The molecule has 0 saturated heterocycles. The number of nitrogens with zero attached hydrogens (tertiary/aromatic N) is 1. The molecule has 0 aliphatic carbocycles. The molecular formula is C14H14N2O5. The Kier molecular flexibility index (Phi) is 4.22. The molecule has 2 rings (SSSR count). The Morgan fingerprint density at radius 2 is 1.86 bits per heavy atom. The van der Waals surface area contributed by atoms with Crippen molar-refractivity contribution in [3.8, 4) is 0 Å². The van der Waals surface area contributed by atoms with Gasteiger partial charge in [-0.3, -0.25) is 9.36 Å². The van der Waals surface area contributed by atoms with E-state index >= 15 is 0 Å². The van der Waals surface area contributed by atoms with Gasteiger partial charge >= 0.3 is 18.0 Å². The average Bonchev–Trinajstić information content (AvgIpc) is 2.86. The van der Waals surface area contributed by atoms with Crippen molar-refractivity contribution in [2.75, 3.05) is 0 Å². The molecular weight excluding hydrogens is 276 g/mol. The van der Waals surface area contributed by atoms with Crippen LogP contribution in [0.15, 0.2) is 36.5 Å². The Balaban J connectivity index is 2.15. The van der Waals surface area contributed by atoms with E-state index in [1.807, 2.05) is 12.1 Å². The van der Waals surface area contributed by atoms with Crippen molar-refractivity contribution in [1.82, 2.24) is 9.88 Å². The van der Waals surface area contributed by atoms with E-state index in [1.165, 1.54) is 10.8 Å². The van der Waals surface area contributed by atoms with Gasteiger partial charge in [0.25, 0.3) is 0 Å². The maximum atomic E-state index is 12.1. The van der Waals surface area contributed by atoms with Crippen LogP contribution in [0.25, 0.3) is 10.9 Å². The topological polar surface area (TPSA) is 109 Å². The summed E-state index contributed by atoms with van der Waals surface area (Å²) >= 11 is 0. The third-order valence-electron chi connectivity index (χ3n) is 3.06. The summed E-state index contributed by atoms with van der Waals surface area (Å²) in [4.78, 5) is 33.7. The number of amides is 1. The van der Waals surface area contributed by atoms with Crippen LogP contribution in [-0.2, 0) is 9.59 Å². The van der Waals surface area contributed by atoms with Crippen LogP contribution >= 0.6 is 0 Å². The number of benzene rings is 1. The number of hydrogen-bond donors (Lipinski definition) is 3. The van der Waals surface area contributed by atoms with E-state index in [1.54, 1.807) is 18.2 Å². The molecule has 1 heterocycles. The quantitative estimate of drug-likeness (QED) is 0.773. The normalized spacial score (nSPS) is 12.0. The number of rotatable bonds is 5. The highest BCUT2D eigenvalue weighted by molar-refractivity contribution is 5.93. The number of aromatic nitrogens is 1. The van der Waals surface area contributed by atoms with Crippen molar-refractivity contribution in [3.63, 3.8) is 0 Å². The van der Waals surface area contributed by atoms with Crippen molar-refractivity contribution in [3.05, 3.63) is 36.5 Å². The molecule has 0 radical (unpaired) electrons. The predicted octanol–water partition coefficient (Wildman–Crippen LogP) is 1.52. The number of hydrogen-bond acceptors (Lipinski definition) is 3. The lowest BCUT2D eigenvalue weighted by atomic mass is 10.1. The Morgan fingerprint density at radius 1 is 1.14 bits per heavy atom. The van der Waals surface area contributed by atoms with E-state index in [0.717, 1.165) is 5.39 Å². The van der Waals surface area contributed by atoms with Crippen LogP contribution < -0.4 is 5.32 Å². The molecule has 1 aromatic heterocycles. The zero-order chi connectivity index (χ0) is 15.4. The molecule has 7 nitrogen and oxygen atoms in total. The SMILES string of the molecule is O=C(O)CCC(NC(=O)n1ccc2ccccc21)C(=O)O. The average molecular weight is 290 g/mol. The van der Waals surface area contributed by atoms with Gasteiger partial charge in [-0.2, -0.15) is 0 Å². The largest absolute Gasteiger partial charge is 0.481 e. The van der Waals surface area contributed by atoms with Crippen LogP contribution in [0, 0.1) is 0 Å². The molecule has 0 fully saturated rings. The van der Waals surface area contributed by atoms with Crippen molar-refractivity contribution in [1.29, 1.82) is 0 Å². The molecule has 1 aromatic carbocycles. The summed E-state index contributed by atoms with van der Waals surface area (Å²) in [7, 11) is 0. The van der Waals surface area contributed by atoms with E-state index in [0.29, 0.717) is 5.52 Å². The number of para-hydroxylation sites is 1. The molecule has 0 aliphatic heterocycles. The van der Waals surface area contributed by atoms with Crippen molar-refractivity contribution in [2.45, 2.75) is 18.9 Å². The van der Waals surface area contributed by atoms with Crippen LogP contribution in [0.5, 0.6) is 0 Å². The summed E-state index contributed by atoms with van der Waals surface area (Å²) < 4.78 is 1.30. The fourth-order valence-corrected chi connectivity index (χ4v) is 2.00. The number of nitrogens with one attached hydrogen (secondary N) is 1. The minimum atomic E-state index is -1.26. The monoisotopic (exact) mass is 290 g/mol. The number of carboxylic acid groups (broad SMARTS) is 2. The molecule has 1 atom stereocenters. The van der Waals surface area contributed by atoms with E-state index in [2.05, 4.69) is 5.32 Å². The van der Waals surface area contributed by atoms with E-state index in [9.17, 15) is 14.4 Å². The van der Waals surface area contributed by atoms with Crippen LogP contribution in [0.4, 0.5) is 4.79 Å². The molecule has 110 valence electrons. The first kappa shape index (κ1) is 14.6. The van der Waals surface area contributed by atoms with Gasteiger partial charge < -0.3 is 15.5 Å². The maximum Gasteiger partial charge on any atom is 0.326 e. The van der Waals surface area contributed by atoms with Gasteiger partial charge in [0.2, 0.25) is 0 Å². The van der Waals surface area contributed by atoms with Gasteiger partial charge in [0.1, 0.15) is 6.04 Å². The highest BCUT2D eigenvalue weighted by Gasteiger charge is 2.22. The van der Waals surface area contributed by atoms with Crippen molar-refractivity contribution < 1.29 is 24.6 Å². The highest BCUT2D eigenvalue weighted by Crippen LogP contribution is 2.14. The lowest BCUT2D eigenvalue weighted by molar-refractivity contribution is -0.140. The summed E-state index contributed by atoms with van der Waals surface area (Å²) in [5.74, 6) is -2.37. The Morgan fingerprint density at radius 3 is 2.52 bits per heavy atom. The summed E-state index contributed by atoms with van der Waals surface area (Å²) in [6, 6.07) is 7.06. The summed E-state index contributed by atoms with van der Waals surface area (Å²) in [5.41, 5.74) is 0.650. The predicted molar refractivity (Wildman–Crippen MR) is 74.2 cm³/mol. The molecule has 21 heavy (non-hydrogen) atoms. The Bertz CT molecular complexity index is 691. The van der Waals surface area contributed by atoms with Gasteiger partial charge in [-0.05, 0) is 18.6 Å². The molecule has 0 saturated carbocycles. The fraction of sp³-hybridized carbons (Fsp3) is 0.214. The lowest BCUT2D eigenvalue weighted by Crippen LogP contribution is -2.42. The van der Waals surface area contributed by atoms with Gasteiger partial charge in [0.15, 0.2) is 0 Å². The molecule has 0 spiro atoms. The maximum absolute atomic E-state index is 12.1. The van der Waals surface area contributed by atoms with Gasteiger partial charge in [-0.1, -0.05) is 18.2 Å². The van der Waals surface area contributed by atoms with Crippen molar-refractivity contribution >= 4 is 28.9 Å². The lowest BCUT2D eigenvalue weighted by Gasteiger charge is -2.14. The minimum Gasteiger partial charge on any atom is -0.481 e. The summed E-state index contributed by atoms with van der Waals surface area (Å²) in [6.45, 7) is 0. The van der Waals surface area contributed by atoms with Gasteiger partial charge in [0, 0.05) is 18.0 Å². The first-order valence-corrected chi connectivity index (χ1v) is 6.30. The van der Waals surface area contributed by atoms with Crippen LogP contribution in [-0.4, -0.2) is 38.8 Å². The van der Waals surface area contributed by atoms with E-state index in [4.69, 9.17) is 10.2 Å². The number of fused-ring (bicyclic) bond motifs is 1. The minimum absolute atomic E-state index is 0.171. The molecule has 1 amide bonds. The van der Waals surface area contributed by atoms with Gasteiger partial charge in [0.05, 0.1) is 5.52 Å². The summed E-state index contributed by atoms with van der Waals surface area (Å²) in [5, 5.41) is 20.8. The third kappa shape index (κ3) is 3.38.